The van der Waals surface area contributed by atoms with Crippen LogP contribution in [0.15, 0.2) is 12.1 Å². The van der Waals surface area contributed by atoms with Crippen LogP contribution in [0, 0.1) is 0 Å². The van der Waals surface area contributed by atoms with Crippen LogP contribution >= 0.6 is 23.3 Å². The first-order chi connectivity index (χ1) is 8.95. The maximum atomic E-state index is 12.2. The molecule has 0 amide bonds. The van der Waals surface area contributed by atoms with E-state index < -0.39 is 15.3 Å². The summed E-state index contributed by atoms with van der Waals surface area (Å²) in [5.41, 5.74) is 1.38. The summed E-state index contributed by atoms with van der Waals surface area (Å²) in [4.78, 5) is 0. The summed E-state index contributed by atoms with van der Waals surface area (Å²) >= 11 is 7.06. The fourth-order valence-electron chi connectivity index (χ4n) is 1.56. The van der Waals surface area contributed by atoms with E-state index in [1.54, 1.807) is 26.1 Å². The third-order valence-corrected chi connectivity index (χ3v) is 5.21. The number of fused-ring (bicyclic) bond motifs is 1. The van der Waals surface area contributed by atoms with E-state index in [1.165, 1.54) is 0 Å². The van der Waals surface area contributed by atoms with E-state index in [0.717, 1.165) is 11.7 Å². The molecule has 9 heteroatoms. The Kier molecular flexibility index (Phi) is 4.24. The van der Waals surface area contributed by atoms with Crippen molar-refractivity contribution in [2.75, 3.05) is 18.3 Å². The number of rotatable bonds is 5. The molecule has 2 N–H and O–H groups in total. The van der Waals surface area contributed by atoms with E-state index >= 15 is 0 Å². The van der Waals surface area contributed by atoms with Crippen LogP contribution in [0.4, 0.5) is 5.69 Å². The molecule has 0 aliphatic rings. The molecule has 2 rings (SSSR count). The molecule has 0 aliphatic carbocycles. The van der Waals surface area contributed by atoms with Crippen LogP contribution in [0.2, 0.25) is 5.02 Å². The van der Waals surface area contributed by atoms with Crippen molar-refractivity contribution in [1.29, 1.82) is 0 Å². The zero-order chi connectivity index (χ0) is 14.0. The highest BCUT2D eigenvalue weighted by atomic mass is 35.5. The molecular formula is C10H13ClN4O2S2. The highest BCUT2D eigenvalue weighted by molar-refractivity contribution is 7.93. The van der Waals surface area contributed by atoms with Crippen molar-refractivity contribution in [2.45, 2.75) is 12.2 Å². The molecule has 0 radical (unpaired) electrons. The minimum atomic E-state index is -3.53. The van der Waals surface area contributed by atoms with Crippen LogP contribution < -0.4 is 10.0 Å². The summed E-state index contributed by atoms with van der Waals surface area (Å²) in [5, 5.41) is 2.55. The molecule has 1 aromatic carbocycles. The largest absolute Gasteiger partial charge is 0.318 e. The lowest BCUT2D eigenvalue weighted by Gasteiger charge is -2.15. The number of halogens is 1. The lowest BCUT2D eigenvalue weighted by Crippen LogP contribution is -2.33. The van der Waals surface area contributed by atoms with E-state index in [9.17, 15) is 8.42 Å². The van der Waals surface area contributed by atoms with Crippen LogP contribution in [-0.2, 0) is 10.0 Å². The van der Waals surface area contributed by atoms with E-state index in [-0.39, 0.29) is 5.69 Å². The Morgan fingerprint density at radius 2 is 2.16 bits per heavy atom. The molecule has 6 nitrogen and oxygen atoms in total. The molecule has 2 aromatic rings. The van der Waals surface area contributed by atoms with E-state index in [4.69, 9.17) is 11.6 Å². The van der Waals surface area contributed by atoms with Crippen molar-refractivity contribution in [3.8, 4) is 0 Å². The number of hydrogen-bond acceptors (Lipinski definition) is 6. The molecule has 0 saturated heterocycles. The van der Waals surface area contributed by atoms with Crippen molar-refractivity contribution >= 4 is 50.1 Å². The van der Waals surface area contributed by atoms with Gasteiger partial charge in [-0.05, 0) is 26.1 Å². The molecule has 1 aromatic heterocycles. The summed E-state index contributed by atoms with van der Waals surface area (Å²) < 4.78 is 34.9. The van der Waals surface area contributed by atoms with Gasteiger partial charge in [0.05, 0.1) is 27.7 Å². The van der Waals surface area contributed by atoms with Gasteiger partial charge in [-0.15, -0.1) is 0 Å². The predicted octanol–water partition coefficient (Wildman–Crippen LogP) is 1.69. The number of nitrogens with zero attached hydrogens (tertiary/aromatic N) is 2. The van der Waals surface area contributed by atoms with E-state index in [1.807, 2.05) is 0 Å². The van der Waals surface area contributed by atoms with Gasteiger partial charge < -0.3 is 5.32 Å². The SMILES string of the molecule is CNCC(C)S(=O)(=O)Nc1c(Cl)ccc2nsnc12. The highest BCUT2D eigenvalue weighted by Gasteiger charge is 2.22. The number of sulfonamides is 1. The van der Waals surface area contributed by atoms with Crippen molar-refractivity contribution in [2.24, 2.45) is 0 Å². The molecule has 0 saturated carbocycles. The van der Waals surface area contributed by atoms with Crippen molar-refractivity contribution < 1.29 is 8.42 Å². The van der Waals surface area contributed by atoms with E-state index in [0.29, 0.717) is 22.6 Å². The fourth-order valence-corrected chi connectivity index (χ4v) is 3.44. The molecule has 104 valence electrons. The van der Waals surface area contributed by atoms with Gasteiger partial charge in [-0.1, -0.05) is 11.6 Å². The summed E-state index contributed by atoms with van der Waals surface area (Å²) in [6, 6.07) is 3.31. The molecule has 1 atom stereocenters. The van der Waals surface area contributed by atoms with E-state index in [2.05, 4.69) is 18.8 Å². The zero-order valence-corrected chi connectivity index (χ0v) is 12.7. The van der Waals surface area contributed by atoms with Crippen LogP contribution in [0.1, 0.15) is 6.92 Å². The Labute approximate surface area is 120 Å². The maximum Gasteiger partial charge on any atom is 0.236 e. The van der Waals surface area contributed by atoms with Crippen LogP contribution in [0.5, 0.6) is 0 Å². The van der Waals surface area contributed by atoms with Gasteiger partial charge >= 0.3 is 0 Å². The summed E-state index contributed by atoms with van der Waals surface area (Å²) in [6.45, 7) is 1.96. The number of anilines is 1. The zero-order valence-electron chi connectivity index (χ0n) is 10.3. The third kappa shape index (κ3) is 2.97. The number of hydrogen-bond donors (Lipinski definition) is 2. The molecule has 1 heterocycles. The Morgan fingerprint density at radius 3 is 2.84 bits per heavy atom. The van der Waals surface area contributed by atoms with Crippen molar-refractivity contribution in [3.63, 3.8) is 0 Å². The molecular weight excluding hydrogens is 308 g/mol. The van der Waals surface area contributed by atoms with Gasteiger partial charge in [-0.3, -0.25) is 4.72 Å². The smallest absolute Gasteiger partial charge is 0.236 e. The normalized spacial score (nSPS) is 13.6. The quantitative estimate of drug-likeness (QED) is 0.876. The minimum Gasteiger partial charge on any atom is -0.318 e. The van der Waals surface area contributed by atoms with Gasteiger partial charge in [0.2, 0.25) is 10.0 Å². The Hall–Kier alpha value is -0.960. The molecule has 0 bridgehead atoms. The summed E-state index contributed by atoms with van der Waals surface area (Å²) in [7, 11) is -1.83. The molecule has 0 fully saturated rings. The second kappa shape index (κ2) is 5.58. The molecule has 1 unspecified atom stereocenters. The first-order valence-corrected chi connectivity index (χ1v) is 8.18. The number of aromatic nitrogens is 2. The van der Waals surface area contributed by atoms with Gasteiger partial charge in [-0.2, -0.15) is 8.75 Å². The van der Waals surface area contributed by atoms with Crippen LogP contribution in [0.3, 0.4) is 0 Å². The maximum absolute atomic E-state index is 12.2. The first kappa shape index (κ1) is 14.4. The van der Waals surface area contributed by atoms with Crippen LogP contribution in [-0.4, -0.2) is 36.0 Å². The first-order valence-electron chi connectivity index (χ1n) is 5.52. The highest BCUT2D eigenvalue weighted by Crippen LogP contribution is 2.31. The Morgan fingerprint density at radius 1 is 1.42 bits per heavy atom. The van der Waals surface area contributed by atoms with Gasteiger partial charge in [-0.25, -0.2) is 8.42 Å². The molecule has 0 aliphatic heterocycles. The topological polar surface area (TPSA) is 84.0 Å². The Balaban J connectivity index is 2.40. The van der Waals surface area contributed by atoms with Gasteiger partial charge in [0.1, 0.15) is 11.0 Å². The standard InChI is InChI=1S/C10H13ClN4O2S2/c1-6(5-12-2)19(16,17)15-9-7(11)3-4-8-10(9)14-18-13-8/h3-4,6,12,15H,5H2,1-2H3. The Bertz CT molecular complexity index is 686. The predicted molar refractivity (Wildman–Crippen MR) is 78.4 cm³/mol. The average molecular weight is 321 g/mol. The summed E-state index contributed by atoms with van der Waals surface area (Å²) in [6.07, 6.45) is 0. The van der Waals surface area contributed by atoms with Gasteiger partial charge in [0.15, 0.2) is 0 Å². The molecule has 19 heavy (non-hydrogen) atoms. The second-order valence-electron chi connectivity index (χ2n) is 4.07. The number of benzene rings is 1. The fraction of sp³-hybridized carbons (Fsp3) is 0.400. The van der Waals surface area contributed by atoms with Gasteiger partial charge in [0, 0.05) is 6.54 Å². The average Bonchev–Trinajstić information content (AvgIpc) is 2.81. The van der Waals surface area contributed by atoms with Crippen LogP contribution in [0.25, 0.3) is 11.0 Å². The third-order valence-electron chi connectivity index (χ3n) is 2.64. The molecule has 0 spiro atoms. The second-order valence-corrected chi connectivity index (χ2v) is 7.10. The lowest BCUT2D eigenvalue weighted by atomic mass is 10.3. The van der Waals surface area contributed by atoms with Crippen molar-refractivity contribution in [3.05, 3.63) is 17.2 Å². The lowest BCUT2D eigenvalue weighted by molar-refractivity contribution is 0.584. The minimum absolute atomic E-state index is 0.288. The van der Waals surface area contributed by atoms with Crippen molar-refractivity contribution in [1.82, 2.24) is 14.1 Å². The monoisotopic (exact) mass is 320 g/mol. The summed E-state index contributed by atoms with van der Waals surface area (Å²) in [5.74, 6) is 0. The van der Waals surface area contributed by atoms with Gasteiger partial charge in [0.25, 0.3) is 0 Å². The number of nitrogens with one attached hydrogen (secondary N) is 2.